The second-order valence-corrected chi connectivity index (χ2v) is 7.19. The third-order valence-electron chi connectivity index (χ3n) is 4.52. The van der Waals surface area contributed by atoms with Crippen molar-refractivity contribution in [3.8, 4) is 11.4 Å². The van der Waals surface area contributed by atoms with E-state index < -0.39 is 0 Å². The molecule has 1 amide bonds. The summed E-state index contributed by atoms with van der Waals surface area (Å²) in [6.45, 7) is 2.77. The second kappa shape index (κ2) is 7.84. The number of carbonyl (C=O) groups is 1. The molecule has 1 saturated heterocycles. The van der Waals surface area contributed by atoms with E-state index >= 15 is 0 Å². The third-order valence-corrected chi connectivity index (χ3v) is 4.95. The molecule has 0 saturated carbocycles. The van der Waals surface area contributed by atoms with Gasteiger partial charge in [-0.2, -0.15) is 0 Å². The number of carbonyl (C=O) groups excluding carboxylic acids is 1. The highest BCUT2D eigenvalue weighted by molar-refractivity contribution is 9.10. The quantitative estimate of drug-likeness (QED) is 0.646. The zero-order chi connectivity index (χ0) is 18.6. The number of hydrogen-bond donors (Lipinski definition) is 0. The van der Waals surface area contributed by atoms with Crippen LogP contribution in [0.5, 0.6) is 0 Å². The topological polar surface area (TPSA) is 62.2 Å². The van der Waals surface area contributed by atoms with Gasteiger partial charge in [-0.15, -0.1) is 0 Å². The van der Waals surface area contributed by atoms with Gasteiger partial charge in [-0.25, -0.2) is 9.97 Å². The Balaban J connectivity index is 1.44. The number of halogens is 1. The van der Waals surface area contributed by atoms with Crippen LogP contribution in [0.25, 0.3) is 11.4 Å². The van der Waals surface area contributed by atoms with E-state index in [0.29, 0.717) is 24.5 Å². The van der Waals surface area contributed by atoms with Crippen LogP contribution in [0, 0.1) is 0 Å². The maximum Gasteiger partial charge on any atom is 0.255 e. The van der Waals surface area contributed by atoms with E-state index in [2.05, 4.69) is 30.8 Å². The molecule has 3 aromatic rings. The van der Waals surface area contributed by atoms with Gasteiger partial charge in [0.05, 0.1) is 5.56 Å². The summed E-state index contributed by atoms with van der Waals surface area (Å²) < 4.78 is 0.807. The molecule has 1 aliphatic rings. The number of amides is 1. The molecular weight excluding hydrogens is 406 g/mol. The van der Waals surface area contributed by atoms with Crippen LogP contribution in [0.3, 0.4) is 0 Å². The van der Waals surface area contributed by atoms with E-state index in [1.165, 1.54) is 0 Å². The van der Waals surface area contributed by atoms with Gasteiger partial charge in [-0.1, -0.05) is 30.3 Å². The lowest BCUT2D eigenvalue weighted by Gasteiger charge is -2.35. The fourth-order valence-electron chi connectivity index (χ4n) is 3.10. The van der Waals surface area contributed by atoms with Crippen molar-refractivity contribution >= 4 is 27.7 Å². The lowest BCUT2D eigenvalue weighted by Crippen LogP contribution is -2.49. The Bertz CT molecular complexity index is 942. The maximum absolute atomic E-state index is 12.7. The first kappa shape index (κ1) is 17.6. The summed E-state index contributed by atoms with van der Waals surface area (Å²) in [5.41, 5.74) is 1.60. The fraction of sp³-hybridized carbons (Fsp3) is 0.200. The smallest absolute Gasteiger partial charge is 0.255 e. The number of piperazine rings is 1. The molecule has 7 heteroatoms. The average Bonchev–Trinajstić information content (AvgIpc) is 2.74. The van der Waals surface area contributed by atoms with Crippen LogP contribution >= 0.6 is 15.9 Å². The largest absolute Gasteiger partial charge is 0.353 e. The van der Waals surface area contributed by atoms with Gasteiger partial charge in [0.25, 0.3) is 5.91 Å². The SMILES string of the molecule is O=C(c1cncc(Br)c1)N1CCN(c2ccnc(-c3ccccc3)n2)CC1. The first-order chi connectivity index (χ1) is 13.2. The fourth-order valence-corrected chi connectivity index (χ4v) is 3.47. The molecule has 0 bridgehead atoms. The van der Waals surface area contributed by atoms with Crippen LogP contribution in [-0.2, 0) is 0 Å². The minimum absolute atomic E-state index is 0.0103. The molecule has 1 aromatic carbocycles. The number of anilines is 1. The van der Waals surface area contributed by atoms with Crippen LogP contribution in [0.4, 0.5) is 5.82 Å². The summed E-state index contributed by atoms with van der Waals surface area (Å²) in [5, 5.41) is 0. The van der Waals surface area contributed by atoms with Crippen LogP contribution in [0.15, 0.2) is 65.5 Å². The molecule has 0 aliphatic carbocycles. The molecule has 4 rings (SSSR count). The minimum Gasteiger partial charge on any atom is -0.353 e. The van der Waals surface area contributed by atoms with Crippen molar-refractivity contribution in [3.05, 3.63) is 71.1 Å². The van der Waals surface area contributed by atoms with Gasteiger partial charge >= 0.3 is 0 Å². The summed E-state index contributed by atoms with van der Waals surface area (Å²) in [7, 11) is 0. The normalized spacial score (nSPS) is 14.3. The number of aromatic nitrogens is 3. The molecule has 0 unspecified atom stereocenters. The molecule has 136 valence electrons. The third kappa shape index (κ3) is 3.98. The minimum atomic E-state index is 0.0103. The summed E-state index contributed by atoms with van der Waals surface area (Å²) in [6, 6.07) is 13.7. The highest BCUT2D eigenvalue weighted by Crippen LogP contribution is 2.20. The number of hydrogen-bond acceptors (Lipinski definition) is 5. The van der Waals surface area contributed by atoms with Crippen molar-refractivity contribution in [3.63, 3.8) is 0 Å². The number of rotatable bonds is 3. The van der Waals surface area contributed by atoms with E-state index in [1.807, 2.05) is 41.3 Å². The number of pyridine rings is 1. The maximum atomic E-state index is 12.7. The molecule has 1 fully saturated rings. The number of nitrogens with zero attached hydrogens (tertiary/aromatic N) is 5. The molecular formula is C20H18BrN5O. The lowest BCUT2D eigenvalue weighted by atomic mass is 10.2. The predicted octanol–water partition coefficient (Wildman–Crippen LogP) is 3.26. The molecule has 0 N–H and O–H groups in total. The Labute approximate surface area is 166 Å². The Morgan fingerprint density at radius 1 is 1.00 bits per heavy atom. The van der Waals surface area contributed by atoms with Crippen molar-refractivity contribution in [2.24, 2.45) is 0 Å². The van der Waals surface area contributed by atoms with Gasteiger partial charge in [-0.3, -0.25) is 9.78 Å². The Hall–Kier alpha value is -2.80. The van der Waals surface area contributed by atoms with E-state index in [1.54, 1.807) is 24.7 Å². The summed E-state index contributed by atoms with van der Waals surface area (Å²) in [5.74, 6) is 1.61. The summed E-state index contributed by atoms with van der Waals surface area (Å²) >= 11 is 3.36. The Morgan fingerprint density at radius 2 is 1.78 bits per heavy atom. The van der Waals surface area contributed by atoms with Crippen LogP contribution < -0.4 is 4.90 Å². The molecule has 2 aromatic heterocycles. The van der Waals surface area contributed by atoms with Crippen molar-refractivity contribution in [2.45, 2.75) is 0 Å². The van der Waals surface area contributed by atoms with Crippen molar-refractivity contribution in [1.82, 2.24) is 19.9 Å². The van der Waals surface area contributed by atoms with Crippen molar-refractivity contribution < 1.29 is 4.79 Å². The second-order valence-electron chi connectivity index (χ2n) is 6.28. The van der Waals surface area contributed by atoms with Gasteiger partial charge < -0.3 is 9.80 Å². The van der Waals surface area contributed by atoms with Crippen LogP contribution in [0.1, 0.15) is 10.4 Å². The first-order valence-corrected chi connectivity index (χ1v) is 9.53. The van der Waals surface area contributed by atoms with E-state index in [0.717, 1.165) is 28.9 Å². The monoisotopic (exact) mass is 423 g/mol. The van der Waals surface area contributed by atoms with E-state index in [4.69, 9.17) is 4.98 Å². The average molecular weight is 424 g/mol. The summed E-state index contributed by atoms with van der Waals surface area (Å²) in [4.78, 5) is 29.9. The van der Waals surface area contributed by atoms with Crippen LogP contribution in [0.2, 0.25) is 0 Å². The highest BCUT2D eigenvalue weighted by atomic mass is 79.9. The van der Waals surface area contributed by atoms with Gasteiger partial charge in [0.15, 0.2) is 5.82 Å². The molecule has 0 spiro atoms. The molecule has 3 heterocycles. The number of benzene rings is 1. The van der Waals surface area contributed by atoms with E-state index in [-0.39, 0.29) is 5.91 Å². The van der Waals surface area contributed by atoms with Gasteiger partial charge in [-0.05, 0) is 28.1 Å². The predicted molar refractivity (Wildman–Crippen MR) is 108 cm³/mol. The summed E-state index contributed by atoms with van der Waals surface area (Å²) in [6.07, 6.45) is 5.07. The van der Waals surface area contributed by atoms with Gasteiger partial charge in [0, 0.05) is 54.8 Å². The molecule has 6 nitrogen and oxygen atoms in total. The molecule has 0 atom stereocenters. The van der Waals surface area contributed by atoms with Crippen molar-refractivity contribution in [1.29, 1.82) is 0 Å². The standard InChI is InChI=1S/C20H18BrN5O/c21-17-12-16(13-22-14-17)20(27)26-10-8-25(9-11-26)18-6-7-23-19(24-18)15-4-2-1-3-5-15/h1-7,12-14H,8-11H2. The van der Waals surface area contributed by atoms with Gasteiger partial charge in [0.2, 0.25) is 0 Å². The van der Waals surface area contributed by atoms with Crippen molar-refractivity contribution in [2.75, 3.05) is 31.1 Å². The lowest BCUT2D eigenvalue weighted by molar-refractivity contribution is 0.0746. The van der Waals surface area contributed by atoms with Gasteiger partial charge in [0.1, 0.15) is 5.82 Å². The molecule has 1 aliphatic heterocycles. The highest BCUT2D eigenvalue weighted by Gasteiger charge is 2.23. The zero-order valence-electron chi connectivity index (χ0n) is 14.6. The Kier molecular flexibility index (Phi) is 5.11. The molecule has 0 radical (unpaired) electrons. The zero-order valence-corrected chi connectivity index (χ0v) is 16.2. The Morgan fingerprint density at radius 3 is 2.52 bits per heavy atom. The van der Waals surface area contributed by atoms with E-state index in [9.17, 15) is 4.79 Å². The molecule has 27 heavy (non-hydrogen) atoms. The first-order valence-electron chi connectivity index (χ1n) is 8.74. The van der Waals surface area contributed by atoms with Crippen LogP contribution in [-0.4, -0.2) is 51.9 Å².